The molecule has 0 bridgehead atoms. The summed E-state index contributed by atoms with van der Waals surface area (Å²) < 4.78 is 0. The van der Waals surface area contributed by atoms with Gasteiger partial charge >= 0.3 is 6.03 Å². The lowest BCUT2D eigenvalue weighted by atomic mass is 10.2. The summed E-state index contributed by atoms with van der Waals surface area (Å²) in [6.07, 6.45) is 1.79. The summed E-state index contributed by atoms with van der Waals surface area (Å²) in [6, 6.07) is 10.1. The van der Waals surface area contributed by atoms with Crippen molar-refractivity contribution in [2.24, 2.45) is 0 Å². The third-order valence-corrected chi connectivity index (χ3v) is 4.96. The number of nitrogens with one attached hydrogen (secondary N) is 1. The van der Waals surface area contributed by atoms with Gasteiger partial charge in [-0.2, -0.15) is 0 Å². The van der Waals surface area contributed by atoms with Gasteiger partial charge in [0.25, 0.3) is 0 Å². The maximum absolute atomic E-state index is 12.8. The quantitative estimate of drug-likeness (QED) is 0.904. The summed E-state index contributed by atoms with van der Waals surface area (Å²) in [5.74, 6) is 0.229. The lowest BCUT2D eigenvalue weighted by molar-refractivity contribution is -0.132. The zero-order chi connectivity index (χ0) is 16.9. The summed E-state index contributed by atoms with van der Waals surface area (Å²) >= 11 is 0. The lowest BCUT2D eigenvalue weighted by Crippen LogP contribution is -2.44. The van der Waals surface area contributed by atoms with Gasteiger partial charge in [-0.1, -0.05) is 30.3 Å². The fourth-order valence-electron chi connectivity index (χ4n) is 3.63. The molecule has 3 rings (SSSR count). The average Bonchev–Trinajstić information content (AvgIpc) is 2.83. The van der Waals surface area contributed by atoms with Gasteiger partial charge in [0.05, 0.1) is 6.04 Å². The number of rotatable bonds is 3. The Morgan fingerprint density at radius 3 is 2.67 bits per heavy atom. The average molecular weight is 330 g/mol. The first kappa shape index (κ1) is 16.8. The number of carbonyl (C=O) groups is 2. The van der Waals surface area contributed by atoms with E-state index in [4.69, 9.17) is 0 Å². The Morgan fingerprint density at radius 2 is 1.92 bits per heavy atom. The van der Waals surface area contributed by atoms with Crippen LogP contribution < -0.4 is 5.32 Å². The van der Waals surface area contributed by atoms with E-state index in [1.54, 1.807) is 7.05 Å². The maximum Gasteiger partial charge on any atom is 0.317 e. The highest BCUT2D eigenvalue weighted by atomic mass is 16.2. The van der Waals surface area contributed by atoms with Crippen molar-refractivity contribution in [2.75, 3.05) is 39.8 Å². The third-order valence-electron chi connectivity index (χ3n) is 4.96. The van der Waals surface area contributed by atoms with Gasteiger partial charge in [-0.15, -0.1) is 0 Å². The highest BCUT2D eigenvalue weighted by Gasteiger charge is 2.36. The molecule has 0 unspecified atom stereocenters. The van der Waals surface area contributed by atoms with E-state index in [1.165, 1.54) is 5.56 Å². The predicted octanol–water partition coefficient (Wildman–Crippen LogP) is 1.13. The minimum atomic E-state index is -0.0293. The molecule has 24 heavy (non-hydrogen) atoms. The smallest absolute Gasteiger partial charge is 0.317 e. The van der Waals surface area contributed by atoms with Gasteiger partial charge in [-0.3, -0.25) is 9.69 Å². The van der Waals surface area contributed by atoms with E-state index in [-0.39, 0.29) is 18.0 Å². The second kappa shape index (κ2) is 7.66. The topological polar surface area (TPSA) is 55.9 Å². The number of carbonyl (C=O) groups excluding carboxylic acids is 2. The normalized spacial score (nSPS) is 22.5. The van der Waals surface area contributed by atoms with E-state index >= 15 is 0 Å². The molecule has 2 aliphatic rings. The van der Waals surface area contributed by atoms with Crippen LogP contribution in [0.4, 0.5) is 4.79 Å². The number of likely N-dealkylation sites (tertiary alicyclic amines) is 1. The molecular weight excluding hydrogens is 304 g/mol. The van der Waals surface area contributed by atoms with Crippen molar-refractivity contribution in [1.29, 1.82) is 0 Å². The lowest BCUT2D eigenvalue weighted by Gasteiger charge is -2.26. The standard InChI is InChI=1S/C18H26N4O2/c1-19-18(24)21-10-5-9-20(12-13-21)16-8-11-22(17(16)23)14-15-6-3-2-4-7-15/h2-4,6-7,16H,5,8-14H2,1H3,(H,19,24)/t16-/m1/s1. The predicted molar refractivity (Wildman–Crippen MR) is 92.5 cm³/mol. The van der Waals surface area contributed by atoms with Gasteiger partial charge in [0, 0.05) is 46.3 Å². The molecule has 0 radical (unpaired) electrons. The Hall–Kier alpha value is -2.08. The highest BCUT2D eigenvalue weighted by molar-refractivity contribution is 5.84. The number of nitrogens with zero attached hydrogens (tertiary/aromatic N) is 3. The Labute approximate surface area is 143 Å². The van der Waals surface area contributed by atoms with Crippen molar-refractivity contribution in [3.63, 3.8) is 0 Å². The van der Waals surface area contributed by atoms with Crippen LogP contribution >= 0.6 is 0 Å². The zero-order valence-electron chi connectivity index (χ0n) is 14.3. The summed E-state index contributed by atoms with van der Waals surface area (Å²) in [6.45, 7) is 4.58. The SMILES string of the molecule is CNC(=O)N1CCCN([C@@H]2CCN(Cc3ccccc3)C2=O)CC1. The van der Waals surface area contributed by atoms with Crippen molar-refractivity contribution < 1.29 is 9.59 Å². The Kier molecular flexibility index (Phi) is 5.35. The second-order valence-electron chi connectivity index (χ2n) is 6.48. The van der Waals surface area contributed by atoms with Gasteiger partial charge in [0.1, 0.15) is 0 Å². The minimum absolute atomic E-state index is 0.0275. The van der Waals surface area contributed by atoms with E-state index in [2.05, 4.69) is 22.3 Å². The maximum atomic E-state index is 12.8. The number of benzene rings is 1. The zero-order valence-corrected chi connectivity index (χ0v) is 14.3. The monoisotopic (exact) mass is 330 g/mol. The fourth-order valence-corrected chi connectivity index (χ4v) is 3.63. The van der Waals surface area contributed by atoms with Gasteiger partial charge in [-0.05, 0) is 18.4 Å². The molecule has 0 spiro atoms. The van der Waals surface area contributed by atoms with Crippen LogP contribution in [-0.4, -0.2) is 72.5 Å². The first-order valence-electron chi connectivity index (χ1n) is 8.72. The van der Waals surface area contributed by atoms with Gasteiger partial charge in [-0.25, -0.2) is 4.79 Å². The number of hydrogen-bond acceptors (Lipinski definition) is 3. The van der Waals surface area contributed by atoms with Gasteiger partial charge in [0.2, 0.25) is 5.91 Å². The fraction of sp³-hybridized carbons (Fsp3) is 0.556. The molecule has 0 aromatic heterocycles. The molecule has 2 heterocycles. The van der Waals surface area contributed by atoms with Crippen molar-refractivity contribution in [1.82, 2.24) is 20.0 Å². The van der Waals surface area contributed by atoms with Crippen LogP contribution in [0.1, 0.15) is 18.4 Å². The number of amides is 3. The summed E-state index contributed by atoms with van der Waals surface area (Å²) in [7, 11) is 1.66. The molecule has 2 fully saturated rings. The van der Waals surface area contributed by atoms with Crippen LogP contribution in [0.15, 0.2) is 30.3 Å². The Morgan fingerprint density at radius 1 is 1.12 bits per heavy atom. The molecule has 0 aliphatic carbocycles. The molecule has 6 nitrogen and oxygen atoms in total. The molecule has 1 aromatic carbocycles. The van der Waals surface area contributed by atoms with Crippen molar-refractivity contribution in [2.45, 2.75) is 25.4 Å². The molecule has 2 saturated heterocycles. The molecule has 1 aromatic rings. The molecule has 2 aliphatic heterocycles. The Balaban J connectivity index is 1.58. The van der Waals surface area contributed by atoms with Gasteiger partial charge in [0.15, 0.2) is 0 Å². The molecule has 0 saturated carbocycles. The van der Waals surface area contributed by atoms with Crippen molar-refractivity contribution >= 4 is 11.9 Å². The van der Waals surface area contributed by atoms with Crippen LogP contribution in [0.2, 0.25) is 0 Å². The summed E-state index contributed by atoms with van der Waals surface area (Å²) in [5, 5.41) is 2.68. The van der Waals surface area contributed by atoms with E-state index in [0.717, 1.165) is 39.0 Å². The van der Waals surface area contributed by atoms with Crippen LogP contribution in [0, 0.1) is 0 Å². The number of hydrogen-bond donors (Lipinski definition) is 1. The van der Waals surface area contributed by atoms with Crippen LogP contribution in [0.5, 0.6) is 0 Å². The van der Waals surface area contributed by atoms with Crippen molar-refractivity contribution in [3.8, 4) is 0 Å². The van der Waals surface area contributed by atoms with E-state index < -0.39 is 0 Å². The first-order chi connectivity index (χ1) is 11.7. The number of urea groups is 1. The van der Waals surface area contributed by atoms with Gasteiger partial charge < -0.3 is 15.1 Å². The Bertz CT molecular complexity index is 578. The van der Waals surface area contributed by atoms with Crippen LogP contribution in [0.25, 0.3) is 0 Å². The molecule has 6 heteroatoms. The molecular formula is C18H26N4O2. The van der Waals surface area contributed by atoms with Crippen LogP contribution in [0.3, 0.4) is 0 Å². The third kappa shape index (κ3) is 3.70. The molecule has 1 N–H and O–H groups in total. The molecule has 1 atom stereocenters. The van der Waals surface area contributed by atoms with Crippen molar-refractivity contribution in [3.05, 3.63) is 35.9 Å². The molecule has 130 valence electrons. The first-order valence-corrected chi connectivity index (χ1v) is 8.72. The minimum Gasteiger partial charge on any atom is -0.341 e. The van der Waals surface area contributed by atoms with E-state index in [0.29, 0.717) is 13.1 Å². The molecule has 3 amide bonds. The summed E-state index contributed by atoms with van der Waals surface area (Å²) in [4.78, 5) is 30.6. The van der Waals surface area contributed by atoms with Crippen LogP contribution in [-0.2, 0) is 11.3 Å². The summed E-state index contributed by atoms with van der Waals surface area (Å²) in [5.41, 5.74) is 1.17. The second-order valence-corrected chi connectivity index (χ2v) is 6.48. The van der Waals surface area contributed by atoms with E-state index in [1.807, 2.05) is 28.0 Å². The highest BCUT2D eigenvalue weighted by Crippen LogP contribution is 2.21. The van der Waals surface area contributed by atoms with E-state index in [9.17, 15) is 9.59 Å². The largest absolute Gasteiger partial charge is 0.341 e.